The number of nitrogens with zero attached hydrogens (tertiary/aromatic N) is 1. The van der Waals surface area contributed by atoms with E-state index in [1.165, 1.54) is 0 Å². The number of hydrogen-bond donors (Lipinski definition) is 3. The molecule has 3 N–H and O–H groups in total. The lowest BCUT2D eigenvalue weighted by molar-refractivity contribution is 0.497. The summed E-state index contributed by atoms with van der Waals surface area (Å²) in [6.45, 7) is 4.08. The van der Waals surface area contributed by atoms with Crippen molar-refractivity contribution in [1.29, 1.82) is 0 Å². The van der Waals surface area contributed by atoms with E-state index < -0.39 is 8.38 Å². The summed E-state index contributed by atoms with van der Waals surface area (Å²) in [5, 5.41) is 8.51. The molecule has 0 radical (unpaired) electrons. The molecule has 80 valence electrons. The molecule has 0 aliphatic heterocycles. The molecule has 0 saturated carbocycles. The van der Waals surface area contributed by atoms with E-state index in [1.54, 1.807) is 12.1 Å². The van der Waals surface area contributed by atoms with Crippen LogP contribution in [0.3, 0.4) is 0 Å². The van der Waals surface area contributed by atoms with E-state index >= 15 is 0 Å². The number of benzene rings is 1. The molecule has 2 aromatic rings. The Labute approximate surface area is 88.9 Å². The van der Waals surface area contributed by atoms with Crippen LogP contribution in [0.15, 0.2) is 18.2 Å². The smallest absolute Gasteiger partial charge is 0.200 e. The normalized spacial score (nSPS) is 11.9. The SMILES string of the molecule is CC(C)c1[nH]nc2cccc(P(O)O)c12. The highest BCUT2D eigenvalue weighted by molar-refractivity contribution is 7.54. The Hall–Kier alpha value is -0.960. The number of nitrogens with one attached hydrogen (secondary N) is 1. The highest BCUT2D eigenvalue weighted by Gasteiger charge is 2.16. The maximum Gasteiger partial charge on any atom is 0.200 e. The Balaban J connectivity index is 2.75. The fourth-order valence-corrected chi connectivity index (χ4v) is 2.31. The predicted molar refractivity (Wildman–Crippen MR) is 61.2 cm³/mol. The first-order chi connectivity index (χ1) is 7.11. The average molecular weight is 224 g/mol. The van der Waals surface area contributed by atoms with Gasteiger partial charge in [-0.2, -0.15) is 5.10 Å². The second-order valence-electron chi connectivity index (χ2n) is 3.75. The van der Waals surface area contributed by atoms with Crippen LogP contribution in [0.25, 0.3) is 10.9 Å². The molecule has 1 heterocycles. The van der Waals surface area contributed by atoms with Gasteiger partial charge in [0.05, 0.1) is 5.52 Å². The standard InChI is InChI=1S/C10H13N2O2P/c1-6(2)10-9-7(11-12-10)4-3-5-8(9)15(13)14/h3-6,13-14H,1-2H3,(H,11,12). The lowest BCUT2D eigenvalue weighted by Gasteiger charge is -2.07. The van der Waals surface area contributed by atoms with Crippen molar-refractivity contribution in [3.8, 4) is 0 Å². The summed E-state index contributed by atoms with van der Waals surface area (Å²) in [5.74, 6) is 0.283. The third-order valence-corrected chi connectivity index (χ3v) is 3.18. The van der Waals surface area contributed by atoms with Gasteiger partial charge in [0.2, 0.25) is 0 Å². The van der Waals surface area contributed by atoms with Gasteiger partial charge in [-0.1, -0.05) is 19.9 Å². The molecule has 1 aromatic heterocycles. The molecule has 0 aliphatic carbocycles. The largest absolute Gasteiger partial charge is 0.347 e. The maximum absolute atomic E-state index is 9.33. The second-order valence-corrected chi connectivity index (χ2v) is 4.81. The molecule has 0 bridgehead atoms. The third-order valence-electron chi connectivity index (χ3n) is 2.38. The predicted octanol–water partition coefficient (Wildman–Crippen LogP) is 1.61. The Kier molecular flexibility index (Phi) is 2.74. The van der Waals surface area contributed by atoms with Crippen molar-refractivity contribution in [2.45, 2.75) is 19.8 Å². The third kappa shape index (κ3) is 1.76. The molecule has 0 fully saturated rings. The Morgan fingerprint density at radius 3 is 2.67 bits per heavy atom. The van der Waals surface area contributed by atoms with Gasteiger partial charge in [0.15, 0.2) is 8.38 Å². The summed E-state index contributed by atoms with van der Waals surface area (Å²) in [4.78, 5) is 18.7. The highest BCUT2D eigenvalue weighted by Crippen LogP contribution is 2.30. The van der Waals surface area contributed by atoms with Gasteiger partial charge in [-0.05, 0) is 18.1 Å². The molecular weight excluding hydrogens is 211 g/mol. The van der Waals surface area contributed by atoms with Crippen LogP contribution >= 0.6 is 8.38 Å². The molecule has 0 spiro atoms. The zero-order valence-electron chi connectivity index (χ0n) is 8.60. The first-order valence-corrected chi connectivity index (χ1v) is 6.01. The van der Waals surface area contributed by atoms with Crippen LogP contribution in [0, 0.1) is 0 Å². The number of aromatic nitrogens is 2. The molecule has 2 rings (SSSR count). The van der Waals surface area contributed by atoms with Crippen molar-refractivity contribution in [3.63, 3.8) is 0 Å². The summed E-state index contributed by atoms with van der Waals surface area (Å²) < 4.78 is 0. The minimum atomic E-state index is -2.07. The Morgan fingerprint density at radius 1 is 1.33 bits per heavy atom. The molecule has 5 heteroatoms. The van der Waals surface area contributed by atoms with Crippen LogP contribution in [-0.4, -0.2) is 20.0 Å². The number of H-pyrrole nitrogens is 1. The zero-order valence-corrected chi connectivity index (χ0v) is 9.49. The molecular formula is C10H13N2O2P. The Bertz CT molecular complexity index is 479. The van der Waals surface area contributed by atoms with E-state index in [2.05, 4.69) is 10.2 Å². The first-order valence-electron chi connectivity index (χ1n) is 4.76. The fourth-order valence-electron chi connectivity index (χ4n) is 1.66. The van der Waals surface area contributed by atoms with Crippen LogP contribution in [0.1, 0.15) is 25.5 Å². The van der Waals surface area contributed by atoms with Crippen LogP contribution in [0.4, 0.5) is 0 Å². The summed E-state index contributed by atoms with van der Waals surface area (Å²) in [6.07, 6.45) is 0. The zero-order chi connectivity index (χ0) is 11.0. The molecule has 0 unspecified atom stereocenters. The summed E-state index contributed by atoms with van der Waals surface area (Å²) in [6, 6.07) is 5.37. The van der Waals surface area contributed by atoms with Gasteiger partial charge in [0.1, 0.15) is 0 Å². The van der Waals surface area contributed by atoms with Crippen LogP contribution in [0.2, 0.25) is 0 Å². The minimum Gasteiger partial charge on any atom is -0.347 e. The van der Waals surface area contributed by atoms with E-state index in [-0.39, 0.29) is 5.92 Å². The van der Waals surface area contributed by atoms with Gasteiger partial charge >= 0.3 is 0 Å². The van der Waals surface area contributed by atoms with Gasteiger partial charge < -0.3 is 9.79 Å². The summed E-state index contributed by atoms with van der Waals surface area (Å²) in [5.41, 5.74) is 1.74. The van der Waals surface area contributed by atoms with E-state index in [4.69, 9.17) is 0 Å². The molecule has 0 saturated heterocycles. The van der Waals surface area contributed by atoms with Gasteiger partial charge in [-0.15, -0.1) is 0 Å². The monoisotopic (exact) mass is 224 g/mol. The maximum atomic E-state index is 9.33. The van der Waals surface area contributed by atoms with Crippen molar-refractivity contribution >= 4 is 24.6 Å². The quantitative estimate of drug-likeness (QED) is 0.679. The number of rotatable bonds is 2. The van der Waals surface area contributed by atoms with Crippen molar-refractivity contribution < 1.29 is 9.79 Å². The van der Waals surface area contributed by atoms with E-state index in [0.717, 1.165) is 16.6 Å². The topological polar surface area (TPSA) is 69.1 Å². The van der Waals surface area contributed by atoms with E-state index in [1.807, 2.05) is 19.9 Å². The van der Waals surface area contributed by atoms with Gasteiger partial charge in [0.25, 0.3) is 0 Å². The van der Waals surface area contributed by atoms with E-state index in [9.17, 15) is 9.79 Å². The summed E-state index contributed by atoms with van der Waals surface area (Å²) >= 11 is 0. The second kappa shape index (κ2) is 3.89. The molecule has 15 heavy (non-hydrogen) atoms. The number of fused-ring (bicyclic) bond motifs is 1. The molecule has 1 aromatic carbocycles. The van der Waals surface area contributed by atoms with Crippen molar-refractivity contribution in [1.82, 2.24) is 10.2 Å². The molecule has 0 amide bonds. The van der Waals surface area contributed by atoms with Gasteiger partial charge in [-0.3, -0.25) is 5.10 Å². The Morgan fingerprint density at radius 2 is 2.07 bits per heavy atom. The highest BCUT2D eigenvalue weighted by atomic mass is 31.2. The van der Waals surface area contributed by atoms with Gasteiger partial charge in [0, 0.05) is 16.4 Å². The lowest BCUT2D eigenvalue weighted by Crippen LogP contribution is -2.03. The molecule has 0 atom stereocenters. The average Bonchev–Trinajstić information content (AvgIpc) is 2.60. The van der Waals surface area contributed by atoms with Crippen LogP contribution in [-0.2, 0) is 0 Å². The lowest BCUT2D eigenvalue weighted by atomic mass is 10.1. The number of hydrogen-bond acceptors (Lipinski definition) is 3. The minimum absolute atomic E-state index is 0.283. The van der Waals surface area contributed by atoms with E-state index in [0.29, 0.717) is 5.30 Å². The van der Waals surface area contributed by atoms with Crippen molar-refractivity contribution in [3.05, 3.63) is 23.9 Å². The van der Waals surface area contributed by atoms with Crippen LogP contribution < -0.4 is 5.30 Å². The fraction of sp³-hybridized carbons (Fsp3) is 0.300. The van der Waals surface area contributed by atoms with Gasteiger partial charge in [-0.25, -0.2) is 0 Å². The molecule has 0 aliphatic rings. The summed E-state index contributed by atoms with van der Waals surface area (Å²) in [7, 11) is -2.07. The van der Waals surface area contributed by atoms with Crippen molar-refractivity contribution in [2.75, 3.05) is 0 Å². The van der Waals surface area contributed by atoms with Crippen LogP contribution in [0.5, 0.6) is 0 Å². The first kappa shape index (κ1) is 10.6. The molecule has 4 nitrogen and oxygen atoms in total. The van der Waals surface area contributed by atoms with Crippen molar-refractivity contribution in [2.24, 2.45) is 0 Å². The number of aromatic amines is 1.